The van der Waals surface area contributed by atoms with Crippen LogP contribution in [0.25, 0.3) is 0 Å². The average molecular weight is 274 g/mol. The zero-order valence-electron chi connectivity index (χ0n) is 13.1. The fourth-order valence-electron chi connectivity index (χ4n) is 2.81. The van der Waals surface area contributed by atoms with Crippen LogP contribution in [0.2, 0.25) is 0 Å². The summed E-state index contributed by atoms with van der Waals surface area (Å²) >= 11 is 0. The van der Waals surface area contributed by atoms with E-state index in [1.54, 1.807) is 0 Å². The summed E-state index contributed by atoms with van der Waals surface area (Å²) in [5.41, 5.74) is 2.15. The zero-order valence-corrected chi connectivity index (χ0v) is 13.1. The van der Waals surface area contributed by atoms with Crippen LogP contribution in [0.4, 0.5) is 0 Å². The highest BCUT2D eigenvalue weighted by atomic mass is 16.1. The van der Waals surface area contributed by atoms with E-state index >= 15 is 0 Å². The highest BCUT2D eigenvalue weighted by Crippen LogP contribution is 2.19. The Morgan fingerprint density at radius 1 is 1.25 bits per heavy atom. The quantitative estimate of drug-likeness (QED) is 0.789. The zero-order chi connectivity index (χ0) is 14.8. The molecule has 1 aromatic rings. The molecule has 0 unspecified atom stereocenters. The molecule has 3 heteroatoms. The number of ketones is 1. The van der Waals surface area contributed by atoms with Gasteiger partial charge in [0.15, 0.2) is 5.78 Å². The Kier molecular flexibility index (Phi) is 4.61. The normalized spacial score (nSPS) is 20.0. The second-order valence-corrected chi connectivity index (χ2v) is 6.50. The van der Waals surface area contributed by atoms with Crippen LogP contribution in [0, 0.1) is 6.92 Å². The third kappa shape index (κ3) is 3.47. The van der Waals surface area contributed by atoms with E-state index in [0.717, 1.165) is 37.3 Å². The van der Waals surface area contributed by atoms with Crippen molar-refractivity contribution in [1.82, 2.24) is 9.80 Å². The van der Waals surface area contributed by atoms with E-state index in [2.05, 4.69) is 30.7 Å². The van der Waals surface area contributed by atoms with E-state index < -0.39 is 0 Å². The monoisotopic (exact) mass is 274 g/mol. The molecule has 0 aliphatic carbocycles. The minimum Gasteiger partial charge on any atom is -0.300 e. The van der Waals surface area contributed by atoms with Crippen LogP contribution in [-0.4, -0.2) is 54.3 Å². The van der Waals surface area contributed by atoms with Gasteiger partial charge in [-0.1, -0.05) is 24.3 Å². The first-order valence-electron chi connectivity index (χ1n) is 7.42. The molecule has 0 atom stereocenters. The number of aryl methyl sites for hydroxylation is 1. The lowest BCUT2D eigenvalue weighted by Crippen LogP contribution is -2.57. The van der Waals surface area contributed by atoms with E-state index in [1.807, 2.05) is 31.2 Å². The molecule has 1 aromatic carbocycles. The molecule has 0 spiro atoms. The van der Waals surface area contributed by atoms with Gasteiger partial charge in [0, 0.05) is 43.7 Å². The predicted molar refractivity (Wildman–Crippen MR) is 83.3 cm³/mol. The molecule has 110 valence electrons. The van der Waals surface area contributed by atoms with Crippen LogP contribution in [0.1, 0.15) is 36.2 Å². The second-order valence-electron chi connectivity index (χ2n) is 6.50. The largest absolute Gasteiger partial charge is 0.300 e. The smallest absolute Gasteiger partial charge is 0.164 e. The van der Waals surface area contributed by atoms with Gasteiger partial charge in [-0.25, -0.2) is 0 Å². The van der Waals surface area contributed by atoms with Crippen molar-refractivity contribution < 1.29 is 4.79 Å². The van der Waals surface area contributed by atoms with Crippen molar-refractivity contribution >= 4 is 5.78 Å². The van der Waals surface area contributed by atoms with Crippen molar-refractivity contribution in [2.75, 3.05) is 33.2 Å². The number of Topliss-reactive ketones (excluding diaryl/α,β-unsaturated/α-hetero) is 1. The summed E-state index contributed by atoms with van der Waals surface area (Å²) in [6, 6.07) is 7.87. The van der Waals surface area contributed by atoms with Gasteiger partial charge in [-0.15, -0.1) is 0 Å². The van der Waals surface area contributed by atoms with Crippen LogP contribution in [0.5, 0.6) is 0 Å². The maximum Gasteiger partial charge on any atom is 0.164 e. The third-order valence-corrected chi connectivity index (χ3v) is 4.50. The van der Waals surface area contributed by atoms with Gasteiger partial charge in [0.25, 0.3) is 0 Å². The van der Waals surface area contributed by atoms with E-state index in [-0.39, 0.29) is 11.3 Å². The van der Waals surface area contributed by atoms with Crippen molar-refractivity contribution in [2.24, 2.45) is 0 Å². The maximum atomic E-state index is 12.3. The summed E-state index contributed by atoms with van der Waals surface area (Å²) in [6.07, 6.45) is 0.616. The Hall–Kier alpha value is -1.19. The number of likely N-dealkylation sites (N-methyl/N-ethyl adjacent to an activating group) is 1. The van der Waals surface area contributed by atoms with Gasteiger partial charge in [-0.3, -0.25) is 14.6 Å². The summed E-state index contributed by atoms with van der Waals surface area (Å²) in [5.74, 6) is 0.264. The maximum absolute atomic E-state index is 12.3. The van der Waals surface area contributed by atoms with Gasteiger partial charge < -0.3 is 0 Å². The van der Waals surface area contributed by atoms with Gasteiger partial charge in [-0.2, -0.15) is 0 Å². The summed E-state index contributed by atoms with van der Waals surface area (Å²) in [5, 5.41) is 0. The first-order chi connectivity index (χ1) is 9.40. The van der Waals surface area contributed by atoms with Gasteiger partial charge in [0.1, 0.15) is 0 Å². The SMILES string of the molecule is Cc1ccccc1C(=O)CCN1CCN(C)C(C)(C)C1. The van der Waals surface area contributed by atoms with Gasteiger partial charge in [0.2, 0.25) is 0 Å². The molecule has 0 bridgehead atoms. The number of hydrogen-bond acceptors (Lipinski definition) is 3. The first-order valence-corrected chi connectivity index (χ1v) is 7.42. The summed E-state index contributed by atoms with van der Waals surface area (Å²) in [7, 11) is 2.18. The lowest BCUT2D eigenvalue weighted by atomic mass is 9.98. The number of nitrogens with zero attached hydrogens (tertiary/aromatic N) is 2. The van der Waals surface area contributed by atoms with E-state index in [0.29, 0.717) is 6.42 Å². The number of benzene rings is 1. The summed E-state index contributed by atoms with van der Waals surface area (Å²) in [4.78, 5) is 17.1. The first kappa shape index (κ1) is 15.2. The molecule has 2 rings (SSSR count). The van der Waals surface area contributed by atoms with Crippen molar-refractivity contribution in [2.45, 2.75) is 32.7 Å². The molecule has 1 heterocycles. The fourth-order valence-corrected chi connectivity index (χ4v) is 2.81. The number of carbonyl (C=O) groups is 1. The Balaban J connectivity index is 1.90. The minimum absolute atomic E-state index is 0.198. The highest BCUT2D eigenvalue weighted by molar-refractivity contribution is 5.97. The van der Waals surface area contributed by atoms with Gasteiger partial charge >= 0.3 is 0 Å². The van der Waals surface area contributed by atoms with Crippen LogP contribution < -0.4 is 0 Å². The number of carbonyl (C=O) groups excluding carboxylic acids is 1. The molecule has 0 N–H and O–H groups in total. The summed E-state index contributed by atoms with van der Waals surface area (Å²) < 4.78 is 0. The molecule has 1 aliphatic heterocycles. The molecule has 0 radical (unpaired) electrons. The topological polar surface area (TPSA) is 23.6 Å². The van der Waals surface area contributed by atoms with Crippen molar-refractivity contribution in [3.8, 4) is 0 Å². The second kappa shape index (κ2) is 6.06. The van der Waals surface area contributed by atoms with Crippen LogP contribution in [0.3, 0.4) is 0 Å². The standard InChI is InChI=1S/C17H26N2O/c1-14-7-5-6-8-15(14)16(20)9-10-19-12-11-18(4)17(2,3)13-19/h5-8H,9-13H2,1-4H3. The molecule has 20 heavy (non-hydrogen) atoms. The van der Waals surface area contributed by atoms with Crippen LogP contribution in [0.15, 0.2) is 24.3 Å². The number of rotatable bonds is 4. The van der Waals surface area contributed by atoms with E-state index in [4.69, 9.17) is 0 Å². The number of piperazine rings is 1. The number of hydrogen-bond donors (Lipinski definition) is 0. The molecule has 1 fully saturated rings. The van der Waals surface area contributed by atoms with Crippen LogP contribution >= 0.6 is 0 Å². The van der Waals surface area contributed by atoms with E-state index in [1.165, 1.54) is 0 Å². The molecule has 3 nitrogen and oxygen atoms in total. The lowest BCUT2D eigenvalue weighted by Gasteiger charge is -2.45. The van der Waals surface area contributed by atoms with Gasteiger partial charge in [-0.05, 0) is 33.4 Å². The fraction of sp³-hybridized carbons (Fsp3) is 0.588. The predicted octanol–water partition coefficient (Wildman–Crippen LogP) is 2.59. The van der Waals surface area contributed by atoms with Crippen molar-refractivity contribution in [3.05, 3.63) is 35.4 Å². The minimum atomic E-state index is 0.198. The molecule has 1 saturated heterocycles. The molecular formula is C17H26N2O. The Bertz CT molecular complexity index is 482. The molecule has 0 aromatic heterocycles. The van der Waals surface area contributed by atoms with Crippen LogP contribution in [-0.2, 0) is 0 Å². The molecular weight excluding hydrogens is 248 g/mol. The lowest BCUT2D eigenvalue weighted by molar-refractivity contribution is 0.0390. The average Bonchev–Trinajstić information content (AvgIpc) is 2.40. The highest BCUT2D eigenvalue weighted by Gasteiger charge is 2.30. The van der Waals surface area contributed by atoms with Crippen molar-refractivity contribution in [3.63, 3.8) is 0 Å². The summed E-state index contributed by atoms with van der Waals surface area (Å²) in [6.45, 7) is 10.6. The Morgan fingerprint density at radius 3 is 2.60 bits per heavy atom. The molecule has 1 aliphatic rings. The molecule has 0 saturated carbocycles. The van der Waals surface area contributed by atoms with Crippen molar-refractivity contribution in [1.29, 1.82) is 0 Å². The Labute approximate surface area is 122 Å². The molecule has 0 amide bonds. The third-order valence-electron chi connectivity index (χ3n) is 4.50. The van der Waals surface area contributed by atoms with E-state index in [9.17, 15) is 4.79 Å². The Morgan fingerprint density at radius 2 is 1.95 bits per heavy atom. The van der Waals surface area contributed by atoms with Gasteiger partial charge in [0.05, 0.1) is 0 Å².